The molecule has 2 aliphatic heterocycles. The molecule has 0 bridgehead atoms. The third-order valence-corrected chi connectivity index (χ3v) is 5.36. The van der Waals surface area contributed by atoms with Gasteiger partial charge in [-0.15, -0.1) is 0 Å². The minimum Gasteiger partial charge on any atom is -0.481 e. The highest BCUT2D eigenvalue weighted by Gasteiger charge is 2.42. The monoisotopic (exact) mass is 351 g/mol. The first-order valence-electron chi connectivity index (χ1n) is 6.88. The van der Waals surface area contributed by atoms with E-state index in [1.165, 1.54) is 0 Å². The van der Waals surface area contributed by atoms with Crippen LogP contribution in [-0.4, -0.2) is 45.1 Å². The average Bonchev–Trinajstić information content (AvgIpc) is 2.94. The minimum absolute atomic E-state index is 0.0640. The van der Waals surface area contributed by atoms with Gasteiger partial charge in [-0.25, -0.2) is 4.79 Å². The number of aliphatic carboxylic acids is 1. The second-order valence-electron chi connectivity index (χ2n) is 5.12. The van der Waals surface area contributed by atoms with Gasteiger partial charge in [0.2, 0.25) is 0 Å². The van der Waals surface area contributed by atoms with Crippen molar-refractivity contribution in [1.29, 1.82) is 0 Å². The van der Waals surface area contributed by atoms with Crippen molar-refractivity contribution in [3.63, 3.8) is 0 Å². The van der Waals surface area contributed by atoms with E-state index in [1.807, 2.05) is 11.8 Å². The third kappa shape index (κ3) is 6.83. The minimum atomic E-state index is -3.38. The summed E-state index contributed by atoms with van der Waals surface area (Å²) in [7, 11) is -3.38. The number of nitrogens with two attached hydrogens (primary N) is 1. The number of hydrogen-bond acceptors (Lipinski definition) is 4. The number of unbranched alkanes of at least 4 members (excludes halogenated alkanes) is 1. The molecule has 2 amide bonds. The summed E-state index contributed by atoms with van der Waals surface area (Å²) in [5.74, 6) is 1.06. The van der Waals surface area contributed by atoms with Crippen LogP contribution in [0.4, 0.5) is 4.79 Å². The Morgan fingerprint density at radius 3 is 2.68 bits per heavy atom. The molecule has 126 valence electrons. The van der Waals surface area contributed by atoms with Crippen LogP contribution in [0.5, 0.6) is 0 Å². The standard InChI is InChI=1S/C10H16N2O3S.C2H6NO2P/c13-8(14)4-2-1-3-7-9-6(5-16-7)11-10(15)12-9;1-2-6(3,4)5/h6-7,9H,1-5H2,(H,13,14)(H2,11,12,15);2H,1H2,(H3,3,4,5)/t6-,7-,9-;/m0./s1. The summed E-state index contributed by atoms with van der Waals surface area (Å²) in [6.45, 7) is 2.99. The summed E-state index contributed by atoms with van der Waals surface area (Å²) >= 11 is 1.87. The molecule has 0 aromatic carbocycles. The second kappa shape index (κ2) is 8.57. The number of thioether (sulfide) groups is 1. The van der Waals surface area contributed by atoms with Crippen molar-refractivity contribution in [2.45, 2.75) is 43.0 Å². The fourth-order valence-corrected chi connectivity index (χ4v) is 3.81. The van der Waals surface area contributed by atoms with E-state index in [2.05, 4.69) is 22.7 Å². The highest BCUT2D eigenvalue weighted by molar-refractivity contribution is 8.00. The third-order valence-electron chi connectivity index (χ3n) is 3.33. The lowest BCUT2D eigenvalue weighted by atomic mass is 10.0. The van der Waals surface area contributed by atoms with E-state index in [4.69, 9.17) is 10.00 Å². The molecule has 0 aromatic heterocycles. The van der Waals surface area contributed by atoms with Gasteiger partial charge in [0, 0.05) is 23.2 Å². The topological polar surface area (TPSA) is 142 Å². The summed E-state index contributed by atoms with van der Waals surface area (Å²) in [6, 6.07) is 0.440. The van der Waals surface area contributed by atoms with Crippen LogP contribution in [0.1, 0.15) is 25.7 Å². The van der Waals surface area contributed by atoms with Crippen LogP contribution in [0.25, 0.3) is 0 Å². The number of carboxylic acids is 1. The van der Waals surface area contributed by atoms with Crippen LogP contribution in [0.2, 0.25) is 0 Å². The quantitative estimate of drug-likeness (QED) is 0.274. The lowest BCUT2D eigenvalue weighted by molar-refractivity contribution is -0.137. The van der Waals surface area contributed by atoms with E-state index in [1.54, 1.807) is 0 Å². The molecule has 2 saturated heterocycles. The summed E-state index contributed by atoms with van der Waals surface area (Å²) in [5.41, 5.74) is 4.53. The zero-order chi connectivity index (χ0) is 16.8. The van der Waals surface area contributed by atoms with Gasteiger partial charge in [0.05, 0.1) is 12.1 Å². The number of hydrogen-bond donors (Lipinski definition) is 5. The Labute approximate surface area is 133 Å². The van der Waals surface area contributed by atoms with Crippen molar-refractivity contribution in [2.24, 2.45) is 5.50 Å². The molecule has 2 heterocycles. The average molecular weight is 351 g/mol. The predicted molar refractivity (Wildman–Crippen MR) is 85.8 cm³/mol. The van der Waals surface area contributed by atoms with E-state index in [0.717, 1.165) is 30.8 Å². The predicted octanol–water partition coefficient (Wildman–Crippen LogP) is 1.07. The number of nitrogens with one attached hydrogen (secondary N) is 2. The van der Waals surface area contributed by atoms with Crippen molar-refractivity contribution in [3.8, 4) is 0 Å². The maximum atomic E-state index is 11.1. The molecular formula is C12H22N3O5PS. The van der Waals surface area contributed by atoms with Gasteiger partial charge in [0.1, 0.15) is 0 Å². The van der Waals surface area contributed by atoms with Crippen LogP contribution >= 0.6 is 19.3 Å². The van der Waals surface area contributed by atoms with E-state index in [9.17, 15) is 14.2 Å². The summed E-state index contributed by atoms with van der Waals surface area (Å²) in [4.78, 5) is 29.5. The Morgan fingerprint density at radius 2 is 2.14 bits per heavy atom. The van der Waals surface area contributed by atoms with E-state index < -0.39 is 13.5 Å². The maximum Gasteiger partial charge on any atom is 0.315 e. The molecule has 8 nitrogen and oxygen atoms in total. The SMILES string of the molecule is C=CP(N)(=O)O.O=C(O)CCCC[C@@H]1SC[C@@H]2NC(=O)N[C@@H]21. The summed E-state index contributed by atoms with van der Waals surface area (Å²) < 4.78 is 9.80. The smallest absolute Gasteiger partial charge is 0.315 e. The first kappa shape index (κ1) is 19.0. The summed E-state index contributed by atoms with van der Waals surface area (Å²) in [5, 5.41) is 14.8. The molecule has 0 radical (unpaired) electrons. The van der Waals surface area contributed by atoms with Crippen LogP contribution < -0.4 is 16.1 Å². The van der Waals surface area contributed by atoms with Crippen molar-refractivity contribution < 1.29 is 24.2 Å². The molecule has 2 aliphatic rings. The first-order valence-corrected chi connectivity index (χ1v) is 9.72. The fraction of sp³-hybridized carbons (Fsp3) is 0.667. The van der Waals surface area contributed by atoms with Crippen LogP contribution in [0, 0.1) is 0 Å². The second-order valence-corrected chi connectivity index (χ2v) is 8.10. The number of rotatable bonds is 6. The number of urea groups is 1. The first-order chi connectivity index (χ1) is 10.2. The number of amides is 2. The Bertz CT molecular complexity index is 470. The molecule has 2 rings (SSSR count). The molecule has 0 aliphatic carbocycles. The van der Waals surface area contributed by atoms with E-state index >= 15 is 0 Å². The van der Waals surface area contributed by atoms with Gasteiger partial charge in [-0.05, 0) is 12.8 Å². The molecule has 6 N–H and O–H groups in total. The normalized spacial score (nSPS) is 28.5. The zero-order valence-corrected chi connectivity index (χ0v) is 13.8. The van der Waals surface area contributed by atoms with Crippen LogP contribution in [-0.2, 0) is 9.36 Å². The molecule has 4 atom stereocenters. The lowest BCUT2D eigenvalue weighted by Gasteiger charge is -2.16. The number of carboxylic acid groups (broad SMARTS) is 1. The van der Waals surface area contributed by atoms with E-state index in [0.29, 0.717) is 5.25 Å². The highest BCUT2D eigenvalue weighted by atomic mass is 32.2. The van der Waals surface area contributed by atoms with Crippen molar-refractivity contribution in [3.05, 3.63) is 12.4 Å². The largest absolute Gasteiger partial charge is 0.481 e. The van der Waals surface area contributed by atoms with Gasteiger partial charge in [0.25, 0.3) is 7.52 Å². The molecule has 0 aromatic rings. The van der Waals surface area contributed by atoms with Crippen molar-refractivity contribution in [1.82, 2.24) is 10.6 Å². The molecule has 10 heteroatoms. The number of carbonyl (C=O) groups is 2. The van der Waals surface area contributed by atoms with Gasteiger partial charge in [-0.2, -0.15) is 11.8 Å². The number of carbonyl (C=O) groups excluding carboxylic acids is 1. The molecule has 1 unspecified atom stereocenters. The lowest BCUT2D eigenvalue weighted by Crippen LogP contribution is -2.36. The molecule has 22 heavy (non-hydrogen) atoms. The Morgan fingerprint density at radius 1 is 1.50 bits per heavy atom. The molecule has 0 saturated carbocycles. The van der Waals surface area contributed by atoms with Gasteiger partial charge in [-0.1, -0.05) is 13.0 Å². The Hall–Kier alpha value is -1.02. The zero-order valence-electron chi connectivity index (χ0n) is 12.1. The van der Waals surface area contributed by atoms with Gasteiger partial charge >= 0.3 is 12.0 Å². The van der Waals surface area contributed by atoms with E-state index in [-0.39, 0.29) is 24.5 Å². The van der Waals surface area contributed by atoms with Gasteiger partial charge in [-0.3, -0.25) is 14.9 Å². The highest BCUT2D eigenvalue weighted by Crippen LogP contribution is 2.33. The van der Waals surface area contributed by atoms with Crippen molar-refractivity contribution >= 4 is 31.3 Å². The van der Waals surface area contributed by atoms with Crippen LogP contribution in [0.15, 0.2) is 12.4 Å². The molecule has 0 spiro atoms. The Balaban J connectivity index is 0.000000346. The molecular weight excluding hydrogens is 329 g/mol. The fourth-order valence-electron chi connectivity index (χ4n) is 2.26. The van der Waals surface area contributed by atoms with Crippen LogP contribution in [0.3, 0.4) is 0 Å². The van der Waals surface area contributed by atoms with Gasteiger partial charge < -0.3 is 20.6 Å². The molecule has 2 fully saturated rings. The van der Waals surface area contributed by atoms with Crippen molar-refractivity contribution in [2.75, 3.05) is 5.75 Å². The van der Waals surface area contributed by atoms with Gasteiger partial charge in [0.15, 0.2) is 0 Å². The number of fused-ring (bicyclic) bond motifs is 1. The summed E-state index contributed by atoms with van der Waals surface area (Å²) in [6.07, 6.45) is 2.88. The maximum absolute atomic E-state index is 11.1. The Kier molecular flexibility index (Phi) is 7.41.